The molecule has 0 N–H and O–H groups in total. The maximum absolute atomic E-state index is 12.9. The number of hydrogen-bond donors (Lipinski definition) is 0. The second-order valence-corrected chi connectivity index (χ2v) is 8.32. The van der Waals surface area contributed by atoms with Crippen molar-refractivity contribution >= 4 is 11.9 Å². The molecule has 1 aliphatic rings. The van der Waals surface area contributed by atoms with E-state index in [0.717, 1.165) is 42.9 Å². The minimum Gasteiger partial charge on any atom is -0.497 e. The quantitative estimate of drug-likeness (QED) is 0.517. The van der Waals surface area contributed by atoms with Crippen LogP contribution in [0.5, 0.6) is 5.75 Å². The van der Waals surface area contributed by atoms with Gasteiger partial charge in [-0.2, -0.15) is 5.10 Å². The van der Waals surface area contributed by atoms with Gasteiger partial charge < -0.3 is 14.4 Å². The second kappa shape index (κ2) is 9.90. The van der Waals surface area contributed by atoms with E-state index in [4.69, 9.17) is 9.47 Å². The summed E-state index contributed by atoms with van der Waals surface area (Å²) in [5.41, 5.74) is 3.18. The Balaban J connectivity index is 1.68. The lowest BCUT2D eigenvalue weighted by molar-refractivity contribution is 0.0518. The van der Waals surface area contributed by atoms with Gasteiger partial charge in [-0.05, 0) is 68.1 Å². The topological polar surface area (TPSA) is 73.7 Å². The Morgan fingerprint density at radius 3 is 2.61 bits per heavy atom. The van der Waals surface area contributed by atoms with Gasteiger partial charge in [-0.3, -0.25) is 4.79 Å². The number of likely N-dealkylation sites (tertiary alicyclic amines) is 1. The molecule has 1 aliphatic heterocycles. The summed E-state index contributed by atoms with van der Waals surface area (Å²) >= 11 is 0. The molecule has 1 amide bonds. The van der Waals surface area contributed by atoms with Crippen LogP contribution in [0, 0.1) is 5.92 Å². The van der Waals surface area contributed by atoms with E-state index < -0.39 is 5.97 Å². The third kappa shape index (κ3) is 4.92. The van der Waals surface area contributed by atoms with Crippen molar-refractivity contribution in [3.8, 4) is 22.7 Å². The molecular weight excluding hydrogens is 418 g/mol. The number of esters is 1. The van der Waals surface area contributed by atoms with Crippen LogP contribution < -0.4 is 4.74 Å². The Morgan fingerprint density at radius 2 is 1.91 bits per heavy atom. The fourth-order valence-corrected chi connectivity index (χ4v) is 4.17. The zero-order valence-electron chi connectivity index (χ0n) is 19.3. The van der Waals surface area contributed by atoms with E-state index in [1.54, 1.807) is 24.8 Å². The molecule has 1 fully saturated rings. The highest BCUT2D eigenvalue weighted by Crippen LogP contribution is 2.28. The zero-order valence-corrected chi connectivity index (χ0v) is 19.3. The first kappa shape index (κ1) is 22.6. The zero-order chi connectivity index (χ0) is 23.4. The summed E-state index contributed by atoms with van der Waals surface area (Å²) in [5.74, 6) is 0.799. The molecule has 3 aromatic rings. The molecule has 1 saturated heterocycles. The summed E-state index contributed by atoms with van der Waals surface area (Å²) in [6, 6.07) is 16.6. The van der Waals surface area contributed by atoms with Gasteiger partial charge in [0.2, 0.25) is 0 Å². The highest BCUT2D eigenvalue weighted by atomic mass is 16.5. The number of methoxy groups -OCH3 is 1. The Labute approximate surface area is 193 Å². The number of carbonyl (C=O) groups is 2. The summed E-state index contributed by atoms with van der Waals surface area (Å²) in [6.45, 7) is 5.81. The summed E-state index contributed by atoms with van der Waals surface area (Å²) in [7, 11) is 1.61. The normalized spacial score (nSPS) is 15.8. The van der Waals surface area contributed by atoms with Crippen LogP contribution in [-0.2, 0) is 4.74 Å². The van der Waals surface area contributed by atoms with Gasteiger partial charge in [0.25, 0.3) is 5.91 Å². The molecule has 172 valence electrons. The molecule has 4 rings (SSSR count). The number of nitrogens with zero attached hydrogens (tertiary/aromatic N) is 3. The maximum atomic E-state index is 12.9. The summed E-state index contributed by atoms with van der Waals surface area (Å²) in [4.78, 5) is 27.2. The Kier molecular flexibility index (Phi) is 6.77. The highest BCUT2D eigenvalue weighted by Gasteiger charge is 2.23. The first-order valence-corrected chi connectivity index (χ1v) is 11.3. The average Bonchev–Trinajstić information content (AvgIpc) is 3.30. The van der Waals surface area contributed by atoms with Crippen molar-refractivity contribution in [3.05, 3.63) is 65.9 Å². The minimum atomic E-state index is -0.480. The molecule has 0 aliphatic carbocycles. The highest BCUT2D eigenvalue weighted by molar-refractivity contribution is 5.94. The summed E-state index contributed by atoms with van der Waals surface area (Å²) < 4.78 is 12.2. The van der Waals surface area contributed by atoms with Gasteiger partial charge in [0, 0.05) is 24.2 Å². The maximum Gasteiger partial charge on any atom is 0.358 e. The van der Waals surface area contributed by atoms with Gasteiger partial charge in [0.15, 0.2) is 5.69 Å². The number of rotatable bonds is 6. The summed E-state index contributed by atoms with van der Waals surface area (Å²) in [5, 5.41) is 4.51. The minimum absolute atomic E-state index is 0.0498. The molecule has 0 saturated carbocycles. The molecule has 0 bridgehead atoms. The number of carbonyl (C=O) groups excluding carboxylic acids is 2. The van der Waals surface area contributed by atoms with E-state index in [1.807, 2.05) is 53.4 Å². The molecule has 7 heteroatoms. The van der Waals surface area contributed by atoms with Crippen molar-refractivity contribution in [2.45, 2.75) is 26.7 Å². The number of benzene rings is 2. The van der Waals surface area contributed by atoms with Gasteiger partial charge in [0.1, 0.15) is 5.75 Å². The van der Waals surface area contributed by atoms with Gasteiger partial charge in [-0.1, -0.05) is 19.1 Å². The first-order valence-electron chi connectivity index (χ1n) is 11.3. The number of ether oxygens (including phenoxy) is 2. The predicted molar refractivity (Wildman–Crippen MR) is 126 cm³/mol. The molecule has 2 aromatic carbocycles. The SMILES string of the molecule is CCOC(=O)c1cc(-c2cccc(OC)c2)n(-c2ccc(C(=O)N3CCC[C@@H](C)C3)cc2)n1. The van der Waals surface area contributed by atoms with E-state index >= 15 is 0 Å². The van der Waals surface area contributed by atoms with Crippen molar-refractivity contribution in [3.63, 3.8) is 0 Å². The molecular formula is C26H29N3O4. The monoisotopic (exact) mass is 447 g/mol. The molecule has 0 radical (unpaired) electrons. The van der Waals surface area contributed by atoms with E-state index in [9.17, 15) is 9.59 Å². The van der Waals surface area contributed by atoms with Crippen LogP contribution in [0.4, 0.5) is 0 Å². The lowest BCUT2D eigenvalue weighted by atomic mass is 9.99. The van der Waals surface area contributed by atoms with E-state index in [-0.39, 0.29) is 18.2 Å². The van der Waals surface area contributed by atoms with E-state index in [1.165, 1.54) is 0 Å². The number of amides is 1. The van der Waals surface area contributed by atoms with Gasteiger partial charge in [-0.15, -0.1) is 0 Å². The fourth-order valence-electron chi connectivity index (χ4n) is 4.17. The third-order valence-corrected chi connectivity index (χ3v) is 5.86. The molecule has 33 heavy (non-hydrogen) atoms. The molecule has 7 nitrogen and oxygen atoms in total. The fraction of sp³-hybridized carbons (Fsp3) is 0.346. The van der Waals surface area contributed by atoms with Crippen molar-refractivity contribution in [2.75, 3.05) is 26.8 Å². The Hall–Kier alpha value is -3.61. The molecule has 1 atom stereocenters. The van der Waals surface area contributed by atoms with Crippen molar-refractivity contribution < 1.29 is 19.1 Å². The molecule has 1 aromatic heterocycles. The average molecular weight is 448 g/mol. The molecule has 0 spiro atoms. The number of piperidine rings is 1. The van der Waals surface area contributed by atoms with Crippen LogP contribution in [0.25, 0.3) is 16.9 Å². The molecule has 0 unspecified atom stereocenters. The smallest absolute Gasteiger partial charge is 0.358 e. The lowest BCUT2D eigenvalue weighted by Gasteiger charge is -2.31. The van der Waals surface area contributed by atoms with Crippen LogP contribution in [0.3, 0.4) is 0 Å². The van der Waals surface area contributed by atoms with E-state index in [0.29, 0.717) is 17.2 Å². The standard InChI is InChI=1S/C26H29N3O4/c1-4-33-26(31)23-16-24(20-8-5-9-22(15-20)32-3)29(27-23)21-12-10-19(11-13-21)25(30)28-14-6-7-18(2)17-28/h5,8-13,15-16,18H,4,6-7,14,17H2,1-3H3/t18-/m1/s1. The second-order valence-electron chi connectivity index (χ2n) is 8.32. The van der Waals surface area contributed by atoms with Crippen LogP contribution in [0.2, 0.25) is 0 Å². The van der Waals surface area contributed by atoms with Crippen LogP contribution in [0.1, 0.15) is 47.5 Å². The van der Waals surface area contributed by atoms with Crippen LogP contribution in [0.15, 0.2) is 54.6 Å². The largest absolute Gasteiger partial charge is 0.497 e. The predicted octanol–water partition coefficient (Wildman–Crippen LogP) is 4.60. The molecule has 2 heterocycles. The first-order chi connectivity index (χ1) is 16.0. The van der Waals surface area contributed by atoms with Crippen molar-refractivity contribution in [2.24, 2.45) is 5.92 Å². The van der Waals surface area contributed by atoms with E-state index in [2.05, 4.69) is 12.0 Å². The number of hydrogen-bond acceptors (Lipinski definition) is 5. The van der Waals surface area contributed by atoms with Crippen molar-refractivity contribution in [1.29, 1.82) is 0 Å². The third-order valence-electron chi connectivity index (χ3n) is 5.86. The Bertz CT molecular complexity index is 1140. The van der Waals surface area contributed by atoms with Crippen LogP contribution in [-0.4, -0.2) is 53.4 Å². The Morgan fingerprint density at radius 1 is 1.12 bits per heavy atom. The van der Waals surface area contributed by atoms with Crippen molar-refractivity contribution in [1.82, 2.24) is 14.7 Å². The van der Waals surface area contributed by atoms with Gasteiger partial charge in [-0.25, -0.2) is 9.48 Å². The van der Waals surface area contributed by atoms with Gasteiger partial charge >= 0.3 is 5.97 Å². The van der Waals surface area contributed by atoms with Crippen LogP contribution >= 0.6 is 0 Å². The number of aromatic nitrogens is 2. The van der Waals surface area contributed by atoms with Gasteiger partial charge in [0.05, 0.1) is 25.1 Å². The summed E-state index contributed by atoms with van der Waals surface area (Å²) in [6.07, 6.45) is 2.21. The lowest BCUT2D eigenvalue weighted by Crippen LogP contribution is -2.39.